The van der Waals surface area contributed by atoms with Crippen LogP contribution in [0.4, 0.5) is 0 Å². The summed E-state index contributed by atoms with van der Waals surface area (Å²) in [7, 11) is 0. The molecule has 0 N–H and O–H groups in total. The Hall–Kier alpha value is -2.49. The van der Waals surface area contributed by atoms with Gasteiger partial charge in [0.25, 0.3) is 0 Å². The fraction of sp³-hybridized carbons (Fsp3) is 0.217. The van der Waals surface area contributed by atoms with Gasteiger partial charge in [0, 0.05) is 0 Å². The van der Waals surface area contributed by atoms with Gasteiger partial charge < -0.3 is 14.2 Å². The summed E-state index contributed by atoms with van der Waals surface area (Å²) in [6, 6.07) is 23.6. The van der Waals surface area contributed by atoms with Crippen molar-refractivity contribution in [1.82, 2.24) is 0 Å². The molecular weight excluding hydrogens is 360 g/mol. The van der Waals surface area contributed by atoms with Crippen LogP contribution in [-0.2, 0) is 17.8 Å². The van der Waals surface area contributed by atoms with Crippen LogP contribution in [0, 0.1) is 0 Å². The quantitative estimate of drug-likeness (QED) is 0.407. The molecule has 0 fully saturated rings. The van der Waals surface area contributed by atoms with Crippen LogP contribution in [0.2, 0.25) is 5.02 Å². The first-order valence-corrected chi connectivity index (χ1v) is 9.43. The highest BCUT2D eigenvalue weighted by Gasteiger charge is 2.04. The summed E-state index contributed by atoms with van der Waals surface area (Å²) in [5.74, 6) is 2.37. The number of rotatable bonds is 9. The van der Waals surface area contributed by atoms with Crippen LogP contribution in [0.5, 0.6) is 17.2 Å². The van der Waals surface area contributed by atoms with Crippen LogP contribution in [0.3, 0.4) is 0 Å². The average molecular weight is 383 g/mol. The Morgan fingerprint density at radius 3 is 2.41 bits per heavy atom. The molecule has 3 aromatic carbocycles. The van der Waals surface area contributed by atoms with Gasteiger partial charge in [0.15, 0.2) is 0 Å². The first-order chi connectivity index (χ1) is 13.2. The van der Waals surface area contributed by atoms with E-state index in [1.54, 1.807) is 0 Å². The first-order valence-electron chi connectivity index (χ1n) is 9.05. The van der Waals surface area contributed by atoms with E-state index in [9.17, 15) is 0 Å². The minimum absolute atomic E-state index is 0.520. The van der Waals surface area contributed by atoms with Gasteiger partial charge in [-0.15, -0.1) is 0 Å². The summed E-state index contributed by atoms with van der Waals surface area (Å²) in [5.41, 5.74) is 2.21. The molecule has 0 heterocycles. The molecule has 27 heavy (non-hydrogen) atoms. The van der Waals surface area contributed by atoms with Gasteiger partial charge in [-0.25, -0.2) is 0 Å². The zero-order valence-electron chi connectivity index (χ0n) is 15.4. The Kier molecular flexibility index (Phi) is 7.14. The highest BCUT2D eigenvalue weighted by atomic mass is 35.5. The molecule has 0 saturated heterocycles. The zero-order valence-corrected chi connectivity index (χ0v) is 16.1. The summed E-state index contributed by atoms with van der Waals surface area (Å²) < 4.78 is 17.1. The maximum Gasteiger partial charge on any atom is 0.137 e. The zero-order chi connectivity index (χ0) is 18.9. The lowest BCUT2D eigenvalue weighted by atomic mass is 10.1. The predicted molar refractivity (Wildman–Crippen MR) is 109 cm³/mol. The van der Waals surface area contributed by atoms with Crippen molar-refractivity contribution in [2.24, 2.45) is 0 Å². The van der Waals surface area contributed by atoms with Crippen molar-refractivity contribution in [3.63, 3.8) is 0 Å². The molecule has 0 bridgehead atoms. The van der Waals surface area contributed by atoms with Crippen molar-refractivity contribution >= 4 is 11.6 Å². The van der Waals surface area contributed by atoms with E-state index in [1.165, 1.54) is 5.56 Å². The van der Waals surface area contributed by atoms with E-state index in [-0.39, 0.29) is 0 Å². The lowest BCUT2D eigenvalue weighted by Crippen LogP contribution is -2.00. The average Bonchev–Trinajstić information content (AvgIpc) is 2.68. The molecule has 3 aromatic rings. The Labute approximate surface area is 165 Å². The number of halogens is 1. The van der Waals surface area contributed by atoms with Gasteiger partial charge in [0.2, 0.25) is 0 Å². The number of hydrogen-bond acceptors (Lipinski definition) is 3. The van der Waals surface area contributed by atoms with Gasteiger partial charge >= 0.3 is 0 Å². The van der Waals surface area contributed by atoms with Gasteiger partial charge in [-0.3, -0.25) is 0 Å². The predicted octanol–water partition coefficient (Wildman–Crippen LogP) is 6.29. The van der Waals surface area contributed by atoms with Crippen LogP contribution >= 0.6 is 11.6 Å². The molecule has 0 amide bonds. The van der Waals surface area contributed by atoms with E-state index in [4.69, 9.17) is 25.8 Å². The van der Waals surface area contributed by atoms with Gasteiger partial charge in [0.05, 0.1) is 24.8 Å². The van der Waals surface area contributed by atoms with Crippen LogP contribution < -0.4 is 9.47 Å². The Bertz CT molecular complexity index is 849. The normalized spacial score (nSPS) is 10.6. The van der Waals surface area contributed by atoms with Crippen molar-refractivity contribution in [3.8, 4) is 17.2 Å². The summed E-state index contributed by atoms with van der Waals surface area (Å²) in [5, 5.41) is 0.615. The highest BCUT2D eigenvalue weighted by Crippen LogP contribution is 2.26. The van der Waals surface area contributed by atoms with Crippen molar-refractivity contribution < 1.29 is 14.2 Å². The maximum atomic E-state index is 6.21. The molecule has 0 unspecified atom stereocenters. The smallest absolute Gasteiger partial charge is 0.137 e. The molecule has 3 nitrogen and oxygen atoms in total. The molecule has 4 heteroatoms. The van der Waals surface area contributed by atoms with Gasteiger partial charge in [-0.2, -0.15) is 0 Å². The van der Waals surface area contributed by atoms with Gasteiger partial charge in [-0.05, 0) is 60.9 Å². The summed E-state index contributed by atoms with van der Waals surface area (Å²) >= 11 is 6.21. The SMILES string of the molecule is CCOc1ccc(COCCc2cccc(Oc3ccccc3)c2)cc1Cl. The van der Waals surface area contributed by atoms with Gasteiger partial charge in [0.1, 0.15) is 17.2 Å². The Balaban J connectivity index is 1.48. The molecular formula is C23H23ClO3. The maximum absolute atomic E-state index is 6.21. The first kappa shape index (κ1) is 19.3. The van der Waals surface area contributed by atoms with Crippen LogP contribution in [0.15, 0.2) is 72.8 Å². The lowest BCUT2D eigenvalue weighted by Gasteiger charge is -2.09. The fourth-order valence-corrected chi connectivity index (χ4v) is 2.93. The summed E-state index contributed by atoms with van der Waals surface area (Å²) in [6.45, 7) is 3.68. The van der Waals surface area contributed by atoms with E-state index in [0.29, 0.717) is 30.6 Å². The van der Waals surface area contributed by atoms with Crippen LogP contribution in [-0.4, -0.2) is 13.2 Å². The van der Waals surface area contributed by atoms with Crippen LogP contribution in [0.1, 0.15) is 18.1 Å². The molecule has 0 radical (unpaired) electrons. The second-order valence-electron chi connectivity index (χ2n) is 6.06. The van der Waals surface area contributed by atoms with Crippen molar-refractivity contribution in [2.75, 3.05) is 13.2 Å². The molecule has 0 aliphatic heterocycles. The number of ether oxygens (including phenoxy) is 3. The second kappa shape index (κ2) is 10.0. The summed E-state index contributed by atoms with van der Waals surface area (Å²) in [6.07, 6.45) is 0.816. The molecule has 0 atom stereocenters. The second-order valence-corrected chi connectivity index (χ2v) is 6.47. The molecule has 0 spiro atoms. The summed E-state index contributed by atoms with van der Waals surface area (Å²) in [4.78, 5) is 0. The Morgan fingerprint density at radius 1 is 0.815 bits per heavy atom. The molecule has 3 rings (SSSR count). The van der Waals surface area contributed by atoms with E-state index in [0.717, 1.165) is 23.5 Å². The van der Waals surface area contributed by atoms with E-state index in [2.05, 4.69) is 6.07 Å². The topological polar surface area (TPSA) is 27.7 Å². The molecule has 0 aliphatic carbocycles. The molecule has 0 aliphatic rings. The monoisotopic (exact) mass is 382 g/mol. The fourth-order valence-electron chi connectivity index (χ4n) is 2.68. The largest absolute Gasteiger partial charge is 0.492 e. The van der Waals surface area contributed by atoms with Gasteiger partial charge in [-0.1, -0.05) is 48.0 Å². The van der Waals surface area contributed by atoms with E-state index < -0.39 is 0 Å². The minimum Gasteiger partial charge on any atom is -0.492 e. The van der Waals surface area contributed by atoms with Crippen molar-refractivity contribution in [1.29, 1.82) is 0 Å². The number of para-hydroxylation sites is 1. The molecule has 0 saturated carbocycles. The van der Waals surface area contributed by atoms with Crippen LogP contribution in [0.25, 0.3) is 0 Å². The van der Waals surface area contributed by atoms with Crippen molar-refractivity contribution in [3.05, 3.63) is 88.9 Å². The minimum atomic E-state index is 0.520. The number of hydrogen-bond donors (Lipinski definition) is 0. The third kappa shape index (κ3) is 6.02. The lowest BCUT2D eigenvalue weighted by molar-refractivity contribution is 0.124. The Morgan fingerprint density at radius 2 is 1.63 bits per heavy atom. The third-order valence-electron chi connectivity index (χ3n) is 3.98. The van der Waals surface area contributed by atoms with E-state index >= 15 is 0 Å². The molecule has 0 aromatic heterocycles. The standard InChI is InChI=1S/C23H23ClO3/c1-2-26-23-12-11-19(16-22(23)24)17-25-14-13-18-7-6-10-21(15-18)27-20-8-4-3-5-9-20/h3-12,15-16H,2,13-14,17H2,1H3. The van der Waals surface area contributed by atoms with Crippen molar-refractivity contribution in [2.45, 2.75) is 20.0 Å². The molecule has 140 valence electrons. The van der Waals surface area contributed by atoms with E-state index in [1.807, 2.05) is 73.7 Å². The highest BCUT2D eigenvalue weighted by molar-refractivity contribution is 6.32. The third-order valence-corrected chi connectivity index (χ3v) is 4.27. The number of benzene rings is 3.